The van der Waals surface area contributed by atoms with Gasteiger partial charge >= 0.3 is 0 Å². The SMILES string of the molecule is CCN(C(=O)c1ccc(NC)nn1)c1ccccc1C. The lowest BCUT2D eigenvalue weighted by molar-refractivity contribution is 0.0982. The summed E-state index contributed by atoms with van der Waals surface area (Å²) in [7, 11) is 1.76. The van der Waals surface area contributed by atoms with E-state index in [0.29, 0.717) is 18.1 Å². The molecule has 1 aromatic heterocycles. The molecule has 1 N–H and O–H groups in total. The monoisotopic (exact) mass is 270 g/mol. The maximum atomic E-state index is 12.5. The molecule has 0 aliphatic heterocycles. The highest BCUT2D eigenvalue weighted by Crippen LogP contribution is 2.20. The van der Waals surface area contributed by atoms with Crippen LogP contribution in [0.4, 0.5) is 11.5 Å². The number of para-hydroxylation sites is 1. The average Bonchev–Trinajstić information content (AvgIpc) is 2.50. The topological polar surface area (TPSA) is 58.1 Å². The van der Waals surface area contributed by atoms with Crippen molar-refractivity contribution >= 4 is 17.4 Å². The fourth-order valence-electron chi connectivity index (χ4n) is 2.01. The number of carbonyl (C=O) groups excluding carboxylic acids is 1. The molecule has 0 atom stereocenters. The van der Waals surface area contributed by atoms with E-state index in [1.165, 1.54) is 0 Å². The van der Waals surface area contributed by atoms with E-state index >= 15 is 0 Å². The molecular weight excluding hydrogens is 252 g/mol. The van der Waals surface area contributed by atoms with Crippen molar-refractivity contribution in [1.82, 2.24) is 10.2 Å². The standard InChI is InChI=1S/C15H18N4O/c1-4-19(13-8-6-5-7-11(13)2)15(20)12-9-10-14(16-3)18-17-12/h5-10H,4H2,1-3H3,(H,16,18). The highest BCUT2D eigenvalue weighted by atomic mass is 16.2. The summed E-state index contributed by atoms with van der Waals surface area (Å²) in [5.74, 6) is 0.498. The molecule has 0 spiro atoms. The summed E-state index contributed by atoms with van der Waals surface area (Å²) < 4.78 is 0. The van der Waals surface area contributed by atoms with Crippen molar-refractivity contribution in [1.29, 1.82) is 0 Å². The second-order valence-electron chi connectivity index (χ2n) is 4.39. The molecule has 0 unspecified atom stereocenters. The van der Waals surface area contributed by atoms with Crippen molar-refractivity contribution in [2.24, 2.45) is 0 Å². The number of carbonyl (C=O) groups is 1. The van der Waals surface area contributed by atoms with Crippen LogP contribution in [0.15, 0.2) is 36.4 Å². The maximum Gasteiger partial charge on any atom is 0.278 e. The van der Waals surface area contributed by atoms with E-state index in [-0.39, 0.29) is 5.91 Å². The van der Waals surface area contributed by atoms with Crippen LogP contribution < -0.4 is 10.2 Å². The van der Waals surface area contributed by atoms with Gasteiger partial charge < -0.3 is 10.2 Å². The predicted molar refractivity (Wildman–Crippen MR) is 80.1 cm³/mol. The minimum absolute atomic E-state index is 0.142. The molecule has 1 aromatic carbocycles. The van der Waals surface area contributed by atoms with E-state index in [1.54, 1.807) is 24.1 Å². The minimum atomic E-state index is -0.142. The van der Waals surface area contributed by atoms with Crippen molar-refractivity contribution in [3.05, 3.63) is 47.7 Å². The summed E-state index contributed by atoms with van der Waals surface area (Å²) in [6.45, 7) is 4.51. The van der Waals surface area contributed by atoms with Gasteiger partial charge in [-0.15, -0.1) is 10.2 Å². The lowest BCUT2D eigenvalue weighted by Gasteiger charge is -2.22. The molecule has 2 rings (SSSR count). The maximum absolute atomic E-state index is 12.5. The van der Waals surface area contributed by atoms with Crippen LogP contribution in [0.3, 0.4) is 0 Å². The Morgan fingerprint density at radius 2 is 1.95 bits per heavy atom. The number of amides is 1. The summed E-state index contributed by atoms with van der Waals surface area (Å²) in [5.41, 5.74) is 2.30. The largest absolute Gasteiger partial charge is 0.372 e. The van der Waals surface area contributed by atoms with Gasteiger partial charge in [0.05, 0.1) is 0 Å². The second kappa shape index (κ2) is 6.14. The molecule has 0 saturated heterocycles. The quantitative estimate of drug-likeness (QED) is 0.927. The number of rotatable bonds is 4. The lowest BCUT2D eigenvalue weighted by Crippen LogP contribution is -2.32. The fraction of sp³-hybridized carbons (Fsp3) is 0.267. The molecule has 0 bridgehead atoms. The van der Waals surface area contributed by atoms with Crippen molar-refractivity contribution in [2.45, 2.75) is 13.8 Å². The molecule has 0 aliphatic carbocycles. The molecule has 0 aliphatic rings. The molecule has 0 saturated carbocycles. The highest BCUT2D eigenvalue weighted by molar-refractivity contribution is 6.05. The van der Waals surface area contributed by atoms with Crippen molar-refractivity contribution in [3.63, 3.8) is 0 Å². The van der Waals surface area contributed by atoms with Crippen molar-refractivity contribution < 1.29 is 4.79 Å². The van der Waals surface area contributed by atoms with Crippen LogP contribution in [-0.4, -0.2) is 29.7 Å². The Hall–Kier alpha value is -2.43. The van der Waals surface area contributed by atoms with Gasteiger partial charge in [0.15, 0.2) is 5.69 Å². The lowest BCUT2D eigenvalue weighted by atomic mass is 10.1. The molecule has 5 nitrogen and oxygen atoms in total. The summed E-state index contributed by atoms with van der Waals surface area (Å²) in [4.78, 5) is 14.2. The molecule has 0 fully saturated rings. The average molecular weight is 270 g/mol. The fourth-order valence-corrected chi connectivity index (χ4v) is 2.01. The number of nitrogens with zero attached hydrogens (tertiary/aromatic N) is 3. The minimum Gasteiger partial charge on any atom is -0.372 e. The predicted octanol–water partition coefficient (Wildman–Crippen LogP) is 2.49. The molecule has 2 aromatic rings. The molecule has 5 heteroatoms. The number of nitrogens with one attached hydrogen (secondary N) is 1. The van der Waals surface area contributed by atoms with Gasteiger partial charge in [0.1, 0.15) is 5.82 Å². The Bertz CT molecular complexity index is 595. The smallest absolute Gasteiger partial charge is 0.278 e. The van der Waals surface area contributed by atoms with Gasteiger partial charge in [-0.05, 0) is 37.6 Å². The number of benzene rings is 1. The van der Waals surface area contributed by atoms with Crippen LogP contribution in [0.5, 0.6) is 0 Å². The second-order valence-corrected chi connectivity index (χ2v) is 4.39. The first-order valence-electron chi connectivity index (χ1n) is 6.56. The van der Waals surface area contributed by atoms with Crippen LogP contribution in [0, 0.1) is 6.92 Å². The van der Waals surface area contributed by atoms with Crippen LogP contribution in [0.2, 0.25) is 0 Å². The zero-order valence-corrected chi connectivity index (χ0v) is 11.9. The number of aromatic nitrogens is 2. The molecule has 0 radical (unpaired) electrons. The van der Waals surface area contributed by atoms with E-state index in [9.17, 15) is 4.79 Å². The van der Waals surface area contributed by atoms with Gasteiger partial charge in [0, 0.05) is 19.3 Å². The highest BCUT2D eigenvalue weighted by Gasteiger charge is 2.19. The molecule has 104 valence electrons. The third-order valence-corrected chi connectivity index (χ3v) is 3.11. The molecule has 1 amide bonds. The zero-order valence-electron chi connectivity index (χ0n) is 11.9. The van der Waals surface area contributed by atoms with Crippen LogP contribution in [0.25, 0.3) is 0 Å². The number of hydrogen-bond donors (Lipinski definition) is 1. The summed E-state index contributed by atoms with van der Waals surface area (Å²) >= 11 is 0. The Morgan fingerprint density at radius 3 is 2.50 bits per heavy atom. The molecular formula is C15H18N4O. The van der Waals surface area contributed by atoms with Crippen LogP contribution >= 0.6 is 0 Å². The number of anilines is 2. The summed E-state index contributed by atoms with van der Waals surface area (Å²) in [6.07, 6.45) is 0. The van der Waals surface area contributed by atoms with E-state index in [4.69, 9.17) is 0 Å². The van der Waals surface area contributed by atoms with Gasteiger partial charge in [-0.1, -0.05) is 18.2 Å². The molecule has 20 heavy (non-hydrogen) atoms. The normalized spacial score (nSPS) is 10.2. The van der Waals surface area contributed by atoms with Crippen LogP contribution in [-0.2, 0) is 0 Å². The van der Waals surface area contributed by atoms with Crippen molar-refractivity contribution in [3.8, 4) is 0 Å². The number of aryl methyl sites for hydroxylation is 1. The van der Waals surface area contributed by atoms with Gasteiger partial charge in [-0.25, -0.2) is 0 Å². The first kappa shape index (κ1) is 14.0. The van der Waals surface area contributed by atoms with E-state index in [1.807, 2.05) is 38.1 Å². The number of hydrogen-bond acceptors (Lipinski definition) is 4. The Kier molecular flexibility index (Phi) is 4.30. The molecule has 1 heterocycles. The van der Waals surface area contributed by atoms with E-state index < -0.39 is 0 Å². The van der Waals surface area contributed by atoms with E-state index in [0.717, 1.165) is 11.3 Å². The van der Waals surface area contributed by atoms with Gasteiger partial charge in [0.25, 0.3) is 5.91 Å². The van der Waals surface area contributed by atoms with Gasteiger partial charge in [-0.2, -0.15) is 0 Å². The first-order chi connectivity index (χ1) is 9.67. The Balaban J connectivity index is 2.31. The first-order valence-corrected chi connectivity index (χ1v) is 6.56. The van der Waals surface area contributed by atoms with E-state index in [2.05, 4.69) is 15.5 Å². The third kappa shape index (κ3) is 2.77. The summed E-state index contributed by atoms with van der Waals surface area (Å²) in [6, 6.07) is 11.2. The Morgan fingerprint density at radius 1 is 1.20 bits per heavy atom. The third-order valence-electron chi connectivity index (χ3n) is 3.11. The summed E-state index contributed by atoms with van der Waals surface area (Å²) in [5, 5.41) is 10.8. The Labute approximate surface area is 118 Å². The van der Waals surface area contributed by atoms with Gasteiger partial charge in [-0.3, -0.25) is 4.79 Å². The van der Waals surface area contributed by atoms with Crippen molar-refractivity contribution in [2.75, 3.05) is 23.8 Å². The van der Waals surface area contributed by atoms with Gasteiger partial charge in [0.2, 0.25) is 0 Å². The van der Waals surface area contributed by atoms with Crippen LogP contribution in [0.1, 0.15) is 23.0 Å². The zero-order chi connectivity index (χ0) is 14.5.